The summed E-state index contributed by atoms with van der Waals surface area (Å²) in [5.74, 6) is 0.433. The van der Waals surface area contributed by atoms with Crippen molar-refractivity contribution in [2.24, 2.45) is 0 Å². The number of hydrogen-bond acceptors (Lipinski definition) is 4. The summed E-state index contributed by atoms with van der Waals surface area (Å²) < 4.78 is 2.00. The number of likely N-dealkylation sites (tertiary alicyclic amines) is 1. The van der Waals surface area contributed by atoms with Crippen LogP contribution in [0.25, 0.3) is 17.0 Å². The molecule has 1 saturated heterocycles. The number of fused-ring (bicyclic) bond motifs is 1. The SMILES string of the molecule is Clc1ccc2ncc(-c3cccc(C4CCCN(Cc5cccnc5)C4)n3)n2c1. The summed E-state index contributed by atoms with van der Waals surface area (Å²) in [5.41, 5.74) is 5.18. The molecule has 6 heteroatoms. The molecule has 0 amide bonds. The highest BCUT2D eigenvalue weighted by atomic mass is 35.5. The molecule has 0 N–H and O–H groups in total. The number of aromatic nitrogens is 4. The summed E-state index contributed by atoms with van der Waals surface area (Å²) in [5, 5.41) is 0.686. The molecule has 0 aliphatic carbocycles. The Morgan fingerprint density at radius 2 is 2.03 bits per heavy atom. The Labute approximate surface area is 175 Å². The number of halogens is 1. The molecule has 1 aliphatic heterocycles. The average molecular weight is 404 g/mol. The molecule has 146 valence electrons. The average Bonchev–Trinajstić information content (AvgIpc) is 3.18. The second-order valence-corrected chi connectivity index (χ2v) is 8.04. The summed E-state index contributed by atoms with van der Waals surface area (Å²) in [6.45, 7) is 3.08. The van der Waals surface area contributed by atoms with E-state index >= 15 is 0 Å². The molecule has 0 saturated carbocycles. The Hall–Kier alpha value is -2.76. The molecule has 0 aromatic carbocycles. The van der Waals surface area contributed by atoms with E-state index in [4.69, 9.17) is 16.6 Å². The molecule has 5 rings (SSSR count). The van der Waals surface area contributed by atoms with E-state index in [1.54, 1.807) is 0 Å². The molecule has 5 nitrogen and oxygen atoms in total. The van der Waals surface area contributed by atoms with Crippen LogP contribution < -0.4 is 0 Å². The first kappa shape index (κ1) is 18.3. The van der Waals surface area contributed by atoms with Crippen LogP contribution in [0.1, 0.15) is 30.0 Å². The number of nitrogens with zero attached hydrogens (tertiary/aromatic N) is 5. The van der Waals surface area contributed by atoms with Crippen molar-refractivity contribution in [2.75, 3.05) is 13.1 Å². The van der Waals surface area contributed by atoms with Crippen LogP contribution >= 0.6 is 11.6 Å². The van der Waals surface area contributed by atoms with Crippen molar-refractivity contribution in [3.63, 3.8) is 0 Å². The highest BCUT2D eigenvalue weighted by Crippen LogP contribution is 2.29. The maximum atomic E-state index is 6.19. The molecule has 0 bridgehead atoms. The lowest BCUT2D eigenvalue weighted by Crippen LogP contribution is -2.34. The van der Waals surface area contributed by atoms with E-state index in [1.165, 1.54) is 18.4 Å². The van der Waals surface area contributed by atoms with Crippen molar-refractivity contribution in [1.29, 1.82) is 0 Å². The number of piperidine rings is 1. The van der Waals surface area contributed by atoms with Crippen LogP contribution in [0.2, 0.25) is 5.02 Å². The van der Waals surface area contributed by atoms with Gasteiger partial charge in [0.2, 0.25) is 0 Å². The van der Waals surface area contributed by atoms with Crippen molar-refractivity contribution >= 4 is 17.2 Å². The third kappa shape index (κ3) is 3.88. The molecule has 5 heterocycles. The zero-order chi connectivity index (χ0) is 19.6. The number of hydrogen-bond donors (Lipinski definition) is 0. The minimum atomic E-state index is 0.433. The fraction of sp³-hybridized carbons (Fsp3) is 0.261. The van der Waals surface area contributed by atoms with Crippen molar-refractivity contribution in [1.82, 2.24) is 24.3 Å². The van der Waals surface area contributed by atoms with Gasteiger partial charge in [-0.3, -0.25) is 19.3 Å². The predicted octanol–water partition coefficient (Wildman–Crippen LogP) is 4.82. The van der Waals surface area contributed by atoms with Gasteiger partial charge < -0.3 is 0 Å². The van der Waals surface area contributed by atoms with Crippen LogP contribution in [0.15, 0.2) is 67.3 Å². The number of pyridine rings is 3. The predicted molar refractivity (Wildman–Crippen MR) is 115 cm³/mol. The van der Waals surface area contributed by atoms with Gasteiger partial charge in [-0.05, 0) is 55.3 Å². The van der Waals surface area contributed by atoms with E-state index in [0.717, 1.165) is 42.4 Å². The molecule has 0 radical (unpaired) electrons. The zero-order valence-corrected chi connectivity index (χ0v) is 16.8. The van der Waals surface area contributed by atoms with Crippen molar-refractivity contribution in [2.45, 2.75) is 25.3 Å². The van der Waals surface area contributed by atoms with Crippen LogP contribution in [0, 0.1) is 0 Å². The molecular weight excluding hydrogens is 382 g/mol. The minimum Gasteiger partial charge on any atom is -0.298 e. The van der Waals surface area contributed by atoms with Crippen LogP contribution in [0.4, 0.5) is 0 Å². The lowest BCUT2D eigenvalue weighted by Gasteiger charge is -2.32. The van der Waals surface area contributed by atoms with E-state index < -0.39 is 0 Å². The van der Waals surface area contributed by atoms with Gasteiger partial charge in [0.15, 0.2) is 0 Å². The maximum absolute atomic E-state index is 6.19. The Bertz CT molecular complexity index is 1120. The molecule has 1 aliphatic rings. The van der Waals surface area contributed by atoms with Crippen molar-refractivity contribution in [3.05, 3.63) is 83.5 Å². The Balaban J connectivity index is 1.39. The summed E-state index contributed by atoms with van der Waals surface area (Å²) in [7, 11) is 0. The van der Waals surface area contributed by atoms with Crippen molar-refractivity contribution < 1.29 is 0 Å². The Kier molecular flexibility index (Phi) is 5.00. The summed E-state index contributed by atoms with van der Waals surface area (Å²) in [6.07, 6.45) is 9.89. The fourth-order valence-electron chi connectivity index (χ4n) is 4.16. The molecule has 29 heavy (non-hydrogen) atoms. The zero-order valence-electron chi connectivity index (χ0n) is 16.1. The Morgan fingerprint density at radius 3 is 2.93 bits per heavy atom. The third-order valence-electron chi connectivity index (χ3n) is 5.56. The van der Waals surface area contributed by atoms with Crippen LogP contribution in [-0.2, 0) is 6.54 Å². The molecule has 4 aromatic rings. The molecule has 1 fully saturated rings. The summed E-state index contributed by atoms with van der Waals surface area (Å²) >= 11 is 6.19. The third-order valence-corrected chi connectivity index (χ3v) is 5.78. The number of rotatable bonds is 4. The largest absolute Gasteiger partial charge is 0.298 e. The topological polar surface area (TPSA) is 46.3 Å². The van der Waals surface area contributed by atoms with Gasteiger partial charge in [-0.25, -0.2) is 4.98 Å². The lowest BCUT2D eigenvalue weighted by molar-refractivity contribution is 0.198. The van der Waals surface area contributed by atoms with E-state index in [1.807, 2.05) is 53.5 Å². The van der Waals surface area contributed by atoms with Gasteiger partial charge in [-0.15, -0.1) is 0 Å². The molecule has 4 aromatic heterocycles. The van der Waals surface area contributed by atoms with Crippen LogP contribution in [0.3, 0.4) is 0 Å². The van der Waals surface area contributed by atoms with Gasteiger partial charge in [0.25, 0.3) is 0 Å². The number of imidazole rings is 1. The molecule has 1 unspecified atom stereocenters. The summed E-state index contributed by atoms with van der Waals surface area (Å²) in [6, 6.07) is 14.2. The second kappa shape index (κ2) is 7.93. The van der Waals surface area contributed by atoms with Gasteiger partial charge in [0, 0.05) is 43.3 Å². The standard InChI is InChI=1S/C23H22ClN5/c24-19-8-9-23-26-13-22(29(23)16-19)21-7-1-6-20(27-21)18-5-3-11-28(15-18)14-17-4-2-10-25-12-17/h1-2,4,6-10,12-13,16,18H,3,5,11,14-15H2. The van der Waals surface area contributed by atoms with E-state index in [-0.39, 0.29) is 0 Å². The first-order valence-electron chi connectivity index (χ1n) is 9.97. The van der Waals surface area contributed by atoms with Gasteiger partial charge in [0.1, 0.15) is 5.65 Å². The van der Waals surface area contributed by atoms with Gasteiger partial charge in [-0.1, -0.05) is 23.7 Å². The highest BCUT2D eigenvalue weighted by molar-refractivity contribution is 6.30. The van der Waals surface area contributed by atoms with Gasteiger partial charge in [0.05, 0.1) is 22.6 Å². The van der Waals surface area contributed by atoms with E-state index in [0.29, 0.717) is 10.9 Å². The smallest absolute Gasteiger partial charge is 0.137 e. The second-order valence-electron chi connectivity index (χ2n) is 7.60. The van der Waals surface area contributed by atoms with Crippen molar-refractivity contribution in [3.8, 4) is 11.4 Å². The first-order valence-corrected chi connectivity index (χ1v) is 10.4. The van der Waals surface area contributed by atoms with E-state index in [9.17, 15) is 0 Å². The molecule has 1 atom stereocenters. The first-order chi connectivity index (χ1) is 14.3. The van der Waals surface area contributed by atoms with E-state index in [2.05, 4.69) is 33.1 Å². The molecular formula is C23H22ClN5. The molecule has 0 spiro atoms. The normalized spacial score (nSPS) is 17.6. The van der Waals surface area contributed by atoms with Crippen LogP contribution in [-0.4, -0.2) is 37.3 Å². The van der Waals surface area contributed by atoms with Gasteiger partial charge >= 0.3 is 0 Å². The van der Waals surface area contributed by atoms with Gasteiger partial charge in [-0.2, -0.15) is 0 Å². The Morgan fingerprint density at radius 1 is 1.07 bits per heavy atom. The minimum absolute atomic E-state index is 0.433. The lowest BCUT2D eigenvalue weighted by atomic mass is 9.93. The highest BCUT2D eigenvalue weighted by Gasteiger charge is 2.23. The quantitative estimate of drug-likeness (QED) is 0.490. The summed E-state index contributed by atoms with van der Waals surface area (Å²) in [4.78, 5) is 16.3. The van der Waals surface area contributed by atoms with Crippen LogP contribution in [0.5, 0.6) is 0 Å². The monoisotopic (exact) mass is 403 g/mol. The fourth-order valence-corrected chi connectivity index (χ4v) is 4.32. The maximum Gasteiger partial charge on any atom is 0.137 e.